The third-order valence-corrected chi connectivity index (χ3v) is 3.88. The van der Waals surface area contributed by atoms with Crippen molar-refractivity contribution in [3.05, 3.63) is 29.6 Å². The summed E-state index contributed by atoms with van der Waals surface area (Å²) in [4.78, 5) is 2.22. The Labute approximate surface area is 114 Å². The Bertz CT molecular complexity index is 407. The molecule has 0 amide bonds. The molecule has 2 rings (SSSR count). The summed E-state index contributed by atoms with van der Waals surface area (Å²) in [5.41, 5.74) is 1.77. The molecular formula is C15H23FN2O. The lowest BCUT2D eigenvalue weighted by Gasteiger charge is -2.37. The maximum Gasteiger partial charge on any atom is 0.129 e. The Morgan fingerprint density at radius 1 is 1.42 bits per heavy atom. The van der Waals surface area contributed by atoms with Crippen molar-refractivity contribution in [3.8, 4) is 0 Å². The highest BCUT2D eigenvalue weighted by Crippen LogP contribution is 2.31. The Morgan fingerprint density at radius 3 is 2.84 bits per heavy atom. The number of hydrogen-bond donors (Lipinski definition) is 1. The third-order valence-electron chi connectivity index (χ3n) is 3.88. The molecule has 0 unspecified atom stereocenters. The average molecular weight is 266 g/mol. The molecule has 1 aliphatic rings. The van der Waals surface area contributed by atoms with Crippen LogP contribution in [0.15, 0.2) is 18.2 Å². The van der Waals surface area contributed by atoms with Gasteiger partial charge in [-0.2, -0.15) is 0 Å². The molecule has 0 aromatic heterocycles. The van der Waals surface area contributed by atoms with Crippen LogP contribution in [0.3, 0.4) is 0 Å². The Morgan fingerprint density at radius 2 is 2.21 bits per heavy atom. The SMILES string of the molecule is COCCNCc1c(F)cccc1N(C)C1CCC1. The van der Waals surface area contributed by atoms with Gasteiger partial charge in [0.25, 0.3) is 0 Å². The number of nitrogens with zero attached hydrogens (tertiary/aromatic N) is 1. The van der Waals surface area contributed by atoms with Crippen LogP contribution in [0.5, 0.6) is 0 Å². The van der Waals surface area contributed by atoms with E-state index in [0.29, 0.717) is 19.2 Å². The summed E-state index contributed by atoms with van der Waals surface area (Å²) in [6, 6.07) is 5.90. The maximum absolute atomic E-state index is 14.0. The molecule has 3 nitrogen and oxygen atoms in total. The van der Waals surface area contributed by atoms with Crippen molar-refractivity contribution in [3.63, 3.8) is 0 Å². The van der Waals surface area contributed by atoms with Crippen LogP contribution in [0.2, 0.25) is 0 Å². The van der Waals surface area contributed by atoms with E-state index < -0.39 is 0 Å². The van der Waals surface area contributed by atoms with Crippen LogP contribution in [0.25, 0.3) is 0 Å². The van der Waals surface area contributed by atoms with Crippen molar-refractivity contribution in [2.45, 2.75) is 31.8 Å². The monoisotopic (exact) mass is 266 g/mol. The van der Waals surface area contributed by atoms with Gasteiger partial charge in [0.05, 0.1) is 6.61 Å². The molecule has 106 valence electrons. The molecule has 0 radical (unpaired) electrons. The second kappa shape index (κ2) is 6.87. The molecule has 0 bridgehead atoms. The highest BCUT2D eigenvalue weighted by Gasteiger charge is 2.24. The molecule has 0 heterocycles. The number of methoxy groups -OCH3 is 1. The fourth-order valence-electron chi connectivity index (χ4n) is 2.41. The number of anilines is 1. The summed E-state index contributed by atoms with van der Waals surface area (Å²) in [6.07, 6.45) is 3.71. The van der Waals surface area contributed by atoms with Crippen molar-refractivity contribution < 1.29 is 9.13 Å². The molecule has 0 saturated heterocycles. The summed E-state index contributed by atoms with van der Waals surface area (Å²) in [6.45, 7) is 1.92. The van der Waals surface area contributed by atoms with E-state index in [9.17, 15) is 4.39 Å². The number of hydrogen-bond acceptors (Lipinski definition) is 3. The first-order valence-corrected chi connectivity index (χ1v) is 6.94. The lowest BCUT2D eigenvalue weighted by molar-refractivity contribution is 0.199. The average Bonchev–Trinajstić information content (AvgIpc) is 2.33. The van der Waals surface area contributed by atoms with Gasteiger partial charge in [-0.05, 0) is 31.4 Å². The summed E-state index contributed by atoms with van der Waals surface area (Å²) in [5.74, 6) is -0.131. The van der Waals surface area contributed by atoms with Crippen LogP contribution in [0, 0.1) is 5.82 Å². The van der Waals surface area contributed by atoms with Gasteiger partial charge in [0.2, 0.25) is 0 Å². The second-order valence-corrected chi connectivity index (χ2v) is 5.10. The standard InChI is InChI=1S/C15H23FN2O/c1-18(12-5-3-6-12)15-8-4-7-14(16)13(15)11-17-9-10-19-2/h4,7-8,12,17H,3,5-6,9-11H2,1-2H3. The molecule has 1 aromatic rings. The normalized spacial score (nSPS) is 15.3. The number of benzene rings is 1. The van der Waals surface area contributed by atoms with Crippen LogP contribution in [-0.2, 0) is 11.3 Å². The number of halogens is 1. The van der Waals surface area contributed by atoms with Gasteiger partial charge in [-0.15, -0.1) is 0 Å². The van der Waals surface area contributed by atoms with E-state index in [1.807, 2.05) is 6.07 Å². The van der Waals surface area contributed by atoms with Crippen molar-refractivity contribution in [1.29, 1.82) is 0 Å². The molecule has 1 aliphatic carbocycles. The van der Waals surface area contributed by atoms with Gasteiger partial charge in [0.1, 0.15) is 5.82 Å². The molecule has 4 heteroatoms. The number of rotatable bonds is 7. The maximum atomic E-state index is 14.0. The largest absolute Gasteiger partial charge is 0.383 e. The van der Waals surface area contributed by atoms with E-state index in [2.05, 4.69) is 17.3 Å². The van der Waals surface area contributed by atoms with Gasteiger partial charge in [-0.3, -0.25) is 0 Å². The third kappa shape index (κ3) is 3.45. The molecule has 0 atom stereocenters. The van der Waals surface area contributed by atoms with Gasteiger partial charge in [-0.1, -0.05) is 6.07 Å². The zero-order chi connectivity index (χ0) is 13.7. The van der Waals surface area contributed by atoms with Crippen LogP contribution in [-0.4, -0.2) is 33.4 Å². The lowest BCUT2D eigenvalue weighted by atomic mass is 9.91. The molecule has 1 saturated carbocycles. The van der Waals surface area contributed by atoms with Crippen molar-refractivity contribution >= 4 is 5.69 Å². The van der Waals surface area contributed by atoms with Gasteiger partial charge < -0.3 is 15.0 Å². The number of ether oxygens (including phenoxy) is 1. The highest BCUT2D eigenvalue weighted by molar-refractivity contribution is 5.54. The zero-order valence-electron chi connectivity index (χ0n) is 11.8. The van der Waals surface area contributed by atoms with E-state index in [0.717, 1.165) is 17.8 Å². The summed E-state index contributed by atoms with van der Waals surface area (Å²) >= 11 is 0. The van der Waals surface area contributed by atoms with Crippen molar-refractivity contribution in [1.82, 2.24) is 5.32 Å². The molecular weight excluding hydrogens is 243 g/mol. The molecule has 0 spiro atoms. The Hall–Kier alpha value is -1.13. The Balaban J connectivity index is 2.06. The molecule has 1 aromatic carbocycles. The zero-order valence-corrected chi connectivity index (χ0v) is 11.8. The second-order valence-electron chi connectivity index (χ2n) is 5.10. The quantitative estimate of drug-likeness (QED) is 0.768. The predicted octanol–water partition coefficient (Wildman–Crippen LogP) is 2.55. The fourth-order valence-corrected chi connectivity index (χ4v) is 2.41. The van der Waals surface area contributed by atoms with Crippen LogP contribution < -0.4 is 10.2 Å². The van der Waals surface area contributed by atoms with Crippen molar-refractivity contribution in [2.75, 3.05) is 32.2 Å². The van der Waals surface area contributed by atoms with Crippen LogP contribution >= 0.6 is 0 Å². The van der Waals surface area contributed by atoms with E-state index >= 15 is 0 Å². The van der Waals surface area contributed by atoms with E-state index in [-0.39, 0.29) is 5.82 Å². The first-order chi connectivity index (χ1) is 9.24. The minimum absolute atomic E-state index is 0.131. The minimum atomic E-state index is -0.131. The van der Waals surface area contributed by atoms with Gasteiger partial charge in [0.15, 0.2) is 0 Å². The first-order valence-electron chi connectivity index (χ1n) is 6.94. The van der Waals surface area contributed by atoms with Gasteiger partial charge in [-0.25, -0.2) is 4.39 Å². The van der Waals surface area contributed by atoms with Crippen molar-refractivity contribution in [2.24, 2.45) is 0 Å². The Kier molecular flexibility index (Phi) is 5.16. The predicted molar refractivity (Wildman–Crippen MR) is 76.0 cm³/mol. The molecule has 19 heavy (non-hydrogen) atoms. The minimum Gasteiger partial charge on any atom is -0.383 e. The van der Waals surface area contributed by atoms with Gasteiger partial charge >= 0.3 is 0 Å². The summed E-state index contributed by atoms with van der Waals surface area (Å²) in [5, 5.41) is 3.22. The van der Waals surface area contributed by atoms with E-state index in [1.165, 1.54) is 25.3 Å². The fraction of sp³-hybridized carbons (Fsp3) is 0.600. The molecule has 1 fully saturated rings. The first kappa shape index (κ1) is 14.3. The summed E-state index contributed by atoms with van der Waals surface area (Å²) < 4.78 is 19.0. The molecule has 1 N–H and O–H groups in total. The smallest absolute Gasteiger partial charge is 0.129 e. The van der Waals surface area contributed by atoms with Gasteiger partial charge in [0, 0.05) is 44.5 Å². The summed E-state index contributed by atoms with van der Waals surface area (Å²) in [7, 11) is 3.73. The van der Waals surface area contributed by atoms with Crippen LogP contribution in [0.1, 0.15) is 24.8 Å². The topological polar surface area (TPSA) is 24.5 Å². The number of nitrogens with one attached hydrogen (secondary N) is 1. The highest BCUT2D eigenvalue weighted by atomic mass is 19.1. The lowest BCUT2D eigenvalue weighted by Crippen LogP contribution is -2.38. The van der Waals surface area contributed by atoms with E-state index in [1.54, 1.807) is 13.2 Å². The molecule has 0 aliphatic heterocycles. The van der Waals surface area contributed by atoms with E-state index in [4.69, 9.17) is 4.74 Å². The van der Waals surface area contributed by atoms with Crippen LogP contribution in [0.4, 0.5) is 10.1 Å².